The highest BCUT2D eigenvalue weighted by Crippen LogP contribution is 2.61. The molecule has 0 aromatic heterocycles. The van der Waals surface area contributed by atoms with E-state index < -0.39 is 5.60 Å². The number of alkyl halides is 1. The van der Waals surface area contributed by atoms with Crippen LogP contribution in [-0.4, -0.2) is 15.5 Å². The van der Waals surface area contributed by atoms with Crippen molar-refractivity contribution >= 4 is 15.9 Å². The van der Waals surface area contributed by atoms with Gasteiger partial charge >= 0.3 is 0 Å². The van der Waals surface area contributed by atoms with Crippen LogP contribution in [0.3, 0.4) is 0 Å². The number of aliphatic hydroxyl groups is 1. The largest absolute Gasteiger partial charge is 0.390 e. The predicted octanol–water partition coefficient (Wildman–Crippen LogP) is 2.18. The first-order valence-corrected chi connectivity index (χ1v) is 4.56. The molecule has 0 spiro atoms. The van der Waals surface area contributed by atoms with Crippen molar-refractivity contribution in [2.75, 3.05) is 0 Å². The fourth-order valence-corrected chi connectivity index (χ4v) is 3.30. The number of halogens is 1. The molecule has 1 fully saturated rings. The van der Waals surface area contributed by atoms with Gasteiger partial charge in [0, 0.05) is 10.7 Å². The van der Waals surface area contributed by atoms with E-state index >= 15 is 0 Å². The average molecular weight is 207 g/mol. The Labute approximate surface area is 70.9 Å². The molecular formula is C8H15BrO. The Balaban J connectivity index is 2.66. The molecular weight excluding hydrogens is 192 g/mol. The summed E-state index contributed by atoms with van der Waals surface area (Å²) in [7, 11) is 0. The van der Waals surface area contributed by atoms with Gasteiger partial charge in [-0.2, -0.15) is 0 Å². The molecule has 60 valence electrons. The summed E-state index contributed by atoms with van der Waals surface area (Å²) in [6.07, 6.45) is 0. The Kier molecular flexibility index (Phi) is 1.69. The highest BCUT2D eigenvalue weighted by Gasteiger charge is 2.62. The minimum Gasteiger partial charge on any atom is -0.390 e. The van der Waals surface area contributed by atoms with Crippen LogP contribution in [0, 0.1) is 11.3 Å². The number of hydrogen-bond acceptors (Lipinski definition) is 1. The van der Waals surface area contributed by atoms with Crippen molar-refractivity contribution in [2.24, 2.45) is 11.3 Å². The van der Waals surface area contributed by atoms with Crippen molar-refractivity contribution < 1.29 is 5.11 Å². The van der Waals surface area contributed by atoms with E-state index in [9.17, 15) is 5.11 Å². The molecule has 1 nitrogen and oxygen atoms in total. The van der Waals surface area contributed by atoms with Gasteiger partial charge in [0.15, 0.2) is 0 Å². The van der Waals surface area contributed by atoms with Crippen molar-refractivity contribution in [1.29, 1.82) is 0 Å². The molecule has 0 radical (unpaired) electrons. The summed E-state index contributed by atoms with van der Waals surface area (Å²) in [5.74, 6) is 0.403. The third-order valence-corrected chi connectivity index (χ3v) is 4.17. The normalized spacial score (nSPS) is 37.8. The van der Waals surface area contributed by atoms with Crippen LogP contribution in [-0.2, 0) is 0 Å². The molecule has 0 aliphatic heterocycles. The van der Waals surface area contributed by atoms with Crippen LogP contribution in [0.25, 0.3) is 0 Å². The molecule has 1 N–H and O–H groups in total. The molecule has 1 aliphatic rings. The van der Waals surface area contributed by atoms with Gasteiger partial charge in [-0.3, -0.25) is 0 Å². The molecule has 0 saturated heterocycles. The molecule has 0 aromatic rings. The first-order chi connectivity index (χ1) is 4.28. The van der Waals surface area contributed by atoms with Crippen molar-refractivity contribution in [3.63, 3.8) is 0 Å². The lowest BCUT2D eigenvalue weighted by Crippen LogP contribution is -2.24. The summed E-state index contributed by atoms with van der Waals surface area (Å²) >= 11 is 3.55. The van der Waals surface area contributed by atoms with E-state index in [4.69, 9.17) is 0 Å². The zero-order valence-electron chi connectivity index (χ0n) is 6.98. The second-order valence-electron chi connectivity index (χ2n) is 4.35. The summed E-state index contributed by atoms with van der Waals surface area (Å²) < 4.78 is 0. The molecule has 1 aliphatic carbocycles. The van der Waals surface area contributed by atoms with Crippen LogP contribution in [0.5, 0.6) is 0 Å². The van der Waals surface area contributed by atoms with Crippen LogP contribution in [0.1, 0.15) is 27.7 Å². The Morgan fingerprint density at radius 1 is 1.40 bits per heavy atom. The van der Waals surface area contributed by atoms with E-state index in [0.717, 1.165) is 0 Å². The summed E-state index contributed by atoms with van der Waals surface area (Å²) in [6, 6.07) is 0. The zero-order valence-corrected chi connectivity index (χ0v) is 8.57. The van der Waals surface area contributed by atoms with E-state index in [1.54, 1.807) is 0 Å². The molecule has 0 heterocycles. The average Bonchev–Trinajstić information content (AvgIpc) is 2.03. The SMILES string of the molecule is CC(C)(O)[C@@H]1[C@@H](Br)C1(C)C. The molecule has 1 saturated carbocycles. The second kappa shape index (κ2) is 1.98. The molecule has 1 rings (SSSR count). The maximum absolute atomic E-state index is 9.63. The Morgan fingerprint density at radius 3 is 1.70 bits per heavy atom. The topological polar surface area (TPSA) is 20.2 Å². The maximum atomic E-state index is 9.63. The summed E-state index contributed by atoms with van der Waals surface area (Å²) in [5, 5.41) is 9.63. The highest BCUT2D eigenvalue weighted by molar-refractivity contribution is 9.09. The van der Waals surface area contributed by atoms with Crippen LogP contribution < -0.4 is 0 Å². The van der Waals surface area contributed by atoms with Crippen molar-refractivity contribution in [3.8, 4) is 0 Å². The predicted molar refractivity (Wildman–Crippen MR) is 46.3 cm³/mol. The number of rotatable bonds is 1. The Morgan fingerprint density at radius 2 is 1.70 bits per heavy atom. The number of hydrogen-bond donors (Lipinski definition) is 1. The smallest absolute Gasteiger partial charge is 0.0636 e. The monoisotopic (exact) mass is 206 g/mol. The Hall–Kier alpha value is 0.440. The van der Waals surface area contributed by atoms with Gasteiger partial charge in [0.25, 0.3) is 0 Å². The molecule has 2 heteroatoms. The second-order valence-corrected chi connectivity index (χ2v) is 5.34. The van der Waals surface area contributed by atoms with E-state index in [1.807, 2.05) is 13.8 Å². The first kappa shape index (κ1) is 8.54. The van der Waals surface area contributed by atoms with E-state index in [0.29, 0.717) is 10.7 Å². The molecule has 0 aromatic carbocycles. The lowest BCUT2D eigenvalue weighted by Gasteiger charge is -2.18. The minimum atomic E-state index is -0.530. The minimum absolute atomic E-state index is 0.276. The fourth-order valence-electron chi connectivity index (χ4n) is 1.84. The van der Waals surface area contributed by atoms with Crippen molar-refractivity contribution in [3.05, 3.63) is 0 Å². The highest BCUT2D eigenvalue weighted by atomic mass is 79.9. The van der Waals surface area contributed by atoms with E-state index in [-0.39, 0.29) is 5.41 Å². The first-order valence-electron chi connectivity index (χ1n) is 3.64. The molecule has 10 heavy (non-hydrogen) atoms. The standard InChI is InChI=1S/C8H15BrO/c1-7(2)5(6(7)9)8(3,4)10/h5-6,10H,1-4H3/t5-,6-/m1/s1. The maximum Gasteiger partial charge on any atom is 0.0636 e. The fraction of sp³-hybridized carbons (Fsp3) is 1.00. The lowest BCUT2D eigenvalue weighted by molar-refractivity contribution is 0.0448. The van der Waals surface area contributed by atoms with E-state index in [2.05, 4.69) is 29.8 Å². The summed E-state index contributed by atoms with van der Waals surface area (Å²) in [6.45, 7) is 8.10. The van der Waals surface area contributed by atoms with Crippen LogP contribution in [0.4, 0.5) is 0 Å². The van der Waals surface area contributed by atoms with Crippen LogP contribution >= 0.6 is 15.9 Å². The molecule has 2 atom stereocenters. The van der Waals surface area contributed by atoms with Gasteiger partial charge in [0.2, 0.25) is 0 Å². The third kappa shape index (κ3) is 1.12. The quantitative estimate of drug-likeness (QED) is 0.653. The lowest BCUT2D eigenvalue weighted by atomic mass is 9.97. The zero-order chi connectivity index (χ0) is 8.15. The molecule has 0 unspecified atom stereocenters. The van der Waals surface area contributed by atoms with Crippen LogP contribution in [0.2, 0.25) is 0 Å². The van der Waals surface area contributed by atoms with E-state index in [1.165, 1.54) is 0 Å². The van der Waals surface area contributed by atoms with Crippen molar-refractivity contribution in [1.82, 2.24) is 0 Å². The van der Waals surface area contributed by atoms with Gasteiger partial charge in [-0.15, -0.1) is 0 Å². The Bertz CT molecular complexity index is 136. The molecule has 0 bridgehead atoms. The van der Waals surface area contributed by atoms with Gasteiger partial charge < -0.3 is 5.11 Å². The van der Waals surface area contributed by atoms with Gasteiger partial charge in [0.05, 0.1) is 5.60 Å². The van der Waals surface area contributed by atoms with Gasteiger partial charge in [-0.1, -0.05) is 29.8 Å². The van der Waals surface area contributed by atoms with Gasteiger partial charge in [0.1, 0.15) is 0 Å². The third-order valence-electron chi connectivity index (χ3n) is 2.46. The van der Waals surface area contributed by atoms with Gasteiger partial charge in [-0.05, 0) is 19.3 Å². The summed E-state index contributed by atoms with van der Waals surface area (Å²) in [4.78, 5) is 0.486. The molecule has 0 amide bonds. The van der Waals surface area contributed by atoms with Crippen LogP contribution in [0.15, 0.2) is 0 Å². The summed E-state index contributed by atoms with van der Waals surface area (Å²) in [5.41, 5.74) is -0.254. The van der Waals surface area contributed by atoms with Gasteiger partial charge in [-0.25, -0.2) is 0 Å². The van der Waals surface area contributed by atoms with Crippen molar-refractivity contribution in [2.45, 2.75) is 38.1 Å².